The highest BCUT2D eigenvalue weighted by Crippen LogP contribution is 2.33. The number of hydrogen-bond donors (Lipinski definition) is 0. The summed E-state index contributed by atoms with van der Waals surface area (Å²) >= 11 is 0. The van der Waals surface area contributed by atoms with E-state index in [0.717, 1.165) is 56.1 Å². The molecule has 1 aromatic heterocycles. The maximum absolute atomic E-state index is 13.3. The third-order valence-electron chi connectivity index (χ3n) is 5.60. The number of rotatable bonds is 3. The topological polar surface area (TPSA) is 58.6 Å². The molecule has 2 fully saturated rings. The average molecular weight is 384 g/mol. The highest BCUT2D eigenvalue weighted by atomic mass is 19.1. The van der Waals surface area contributed by atoms with Crippen LogP contribution in [-0.4, -0.2) is 52.6 Å². The first-order valence-corrected chi connectivity index (χ1v) is 9.74. The number of carbonyl (C=O) groups is 1. The lowest BCUT2D eigenvalue weighted by molar-refractivity contribution is -0.140. The minimum Gasteiger partial charge on any atom is -0.363 e. The lowest BCUT2D eigenvalue weighted by Crippen LogP contribution is -2.55. The second-order valence-corrected chi connectivity index (χ2v) is 7.65. The molecule has 1 spiro atoms. The molecule has 2 aromatic rings. The van der Waals surface area contributed by atoms with Crippen molar-refractivity contribution in [1.29, 1.82) is 0 Å². The van der Waals surface area contributed by atoms with Crippen molar-refractivity contribution in [2.45, 2.75) is 38.3 Å². The summed E-state index contributed by atoms with van der Waals surface area (Å²) in [6.45, 7) is 5.13. The predicted octanol–water partition coefficient (Wildman–Crippen LogP) is 2.71. The zero-order valence-electron chi connectivity index (χ0n) is 16.1. The Morgan fingerprint density at radius 2 is 2.00 bits per heavy atom. The van der Waals surface area contributed by atoms with Crippen molar-refractivity contribution < 1.29 is 13.9 Å². The molecule has 28 heavy (non-hydrogen) atoms. The molecule has 1 amide bonds. The number of ether oxygens (including phenoxy) is 1. The molecule has 7 heteroatoms. The number of anilines is 1. The van der Waals surface area contributed by atoms with Gasteiger partial charge in [-0.15, -0.1) is 0 Å². The van der Waals surface area contributed by atoms with E-state index in [1.807, 2.05) is 13.0 Å². The standard InChI is InChI=1S/C21H25FN4O2/c1-16-23-10-7-18(24-16)13-25-11-2-8-21(9-12-25)15-26(20(27)14-28-21)19-5-3-17(22)4-6-19/h3-7,10H,2,8-9,11-15H2,1H3. The molecule has 148 valence electrons. The molecule has 2 aliphatic rings. The van der Waals surface area contributed by atoms with E-state index < -0.39 is 0 Å². The average Bonchev–Trinajstić information content (AvgIpc) is 2.87. The van der Waals surface area contributed by atoms with Gasteiger partial charge in [0.2, 0.25) is 0 Å². The second-order valence-electron chi connectivity index (χ2n) is 7.65. The summed E-state index contributed by atoms with van der Waals surface area (Å²) in [5.74, 6) is 0.409. The van der Waals surface area contributed by atoms with Crippen LogP contribution in [-0.2, 0) is 16.1 Å². The van der Waals surface area contributed by atoms with E-state index in [1.54, 1.807) is 23.2 Å². The largest absolute Gasteiger partial charge is 0.363 e. The van der Waals surface area contributed by atoms with Gasteiger partial charge in [0.15, 0.2) is 0 Å². The molecular weight excluding hydrogens is 359 g/mol. The van der Waals surface area contributed by atoms with Crippen molar-refractivity contribution in [3.8, 4) is 0 Å². The van der Waals surface area contributed by atoms with Crippen LogP contribution in [0.3, 0.4) is 0 Å². The van der Waals surface area contributed by atoms with E-state index in [4.69, 9.17) is 4.74 Å². The molecule has 1 atom stereocenters. The van der Waals surface area contributed by atoms with Gasteiger partial charge in [-0.25, -0.2) is 14.4 Å². The molecule has 1 aromatic carbocycles. The summed E-state index contributed by atoms with van der Waals surface area (Å²) in [5, 5.41) is 0. The van der Waals surface area contributed by atoms with Gasteiger partial charge in [0, 0.05) is 25.0 Å². The third kappa shape index (κ3) is 4.20. The van der Waals surface area contributed by atoms with E-state index in [2.05, 4.69) is 14.9 Å². The zero-order valence-corrected chi connectivity index (χ0v) is 16.1. The van der Waals surface area contributed by atoms with E-state index in [9.17, 15) is 9.18 Å². The van der Waals surface area contributed by atoms with Crippen LogP contribution >= 0.6 is 0 Å². The Balaban J connectivity index is 1.44. The number of hydrogen-bond acceptors (Lipinski definition) is 5. The smallest absolute Gasteiger partial charge is 0.253 e. The highest BCUT2D eigenvalue weighted by molar-refractivity contribution is 5.95. The summed E-state index contributed by atoms with van der Waals surface area (Å²) in [6, 6.07) is 8.06. The Hall–Kier alpha value is -2.38. The van der Waals surface area contributed by atoms with Crippen LogP contribution in [0, 0.1) is 12.7 Å². The van der Waals surface area contributed by atoms with Gasteiger partial charge in [-0.3, -0.25) is 9.69 Å². The van der Waals surface area contributed by atoms with Crippen LogP contribution in [0.15, 0.2) is 36.5 Å². The van der Waals surface area contributed by atoms with Crippen LogP contribution in [0.1, 0.15) is 30.8 Å². The number of nitrogens with zero attached hydrogens (tertiary/aromatic N) is 4. The second kappa shape index (κ2) is 7.93. The maximum Gasteiger partial charge on any atom is 0.253 e. The van der Waals surface area contributed by atoms with Gasteiger partial charge in [0.25, 0.3) is 5.91 Å². The van der Waals surface area contributed by atoms with E-state index >= 15 is 0 Å². The van der Waals surface area contributed by atoms with Crippen LogP contribution in [0.4, 0.5) is 10.1 Å². The fourth-order valence-corrected chi connectivity index (χ4v) is 4.08. The number of benzene rings is 1. The summed E-state index contributed by atoms with van der Waals surface area (Å²) in [7, 11) is 0. The lowest BCUT2D eigenvalue weighted by Gasteiger charge is -2.42. The van der Waals surface area contributed by atoms with E-state index in [1.165, 1.54) is 12.1 Å². The zero-order chi connectivity index (χ0) is 19.6. The lowest BCUT2D eigenvalue weighted by atomic mass is 9.92. The van der Waals surface area contributed by atoms with E-state index in [-0.39, 0.29) is 23.9 Å². The van der Waals surface area contributed by atoms with Gasteiger partial charge >= 0.3 is 0 Å². The van der Waals surface area contributed by atoms with Crippen LogP contribution in [0.2, 0.25) is 0 Å². The number of aromatic nitrogens is 2. The predicted molar refractivity (Wildman–Crippen MR) is 103 cm³/mol. The molecule has 1 unspecified atom stereocenters. The summed E-state index contributed by atoms with van der Waals surface area (Å²) in [4.78, 5) is 25.2. The number of amides is 1. The fourth-order valence-electron chi connectivity index (χ4n) is 4.08. The van der Waals surface area contributed by atoms with Crippen molar-refractivity contribution in [3.63, 3.8) is 0 Å². The Morgan fingerprint density at radius 3 is 2.79 bits per heavy atom. The van der Waals surface area contributed by atoms with Gasteiger partial charge in [-0.05, 0) is 63.1 Å². The Morgan fingerprint density at radius 1 is 1.18 bits per heavy atom. The number of likely N-dealkylation sites (tertiary alicyclic amines) is 1. The van der Waals surface area contributed by atoms with Gasteiger partial charge in [0.05, 0.1) is 17.8 Å². The van der Waals surface area contributed by atoms with Crippen molar-refractivity contribution in [2.75, 3.05) is 31.1 Å². The van der Waals surface area contributed by atoms with Gasteiger partial charge < -0.3 is 9.64 Å². The van der Waals surface area contributed by atoms with Crippen LogP contribution in [0.5, 0.6) is 0 Å². The minimum atomic E-state index is -0.349. The van der Waals surface area contributed by atoms with Crippen molar-refractivity contribution >= 4 is 11.6 Å². The van der Waals surface area contributed by atoms with E-state index in [0.29, 0.717) is 6.54 Å². The molecule has 2 aliphatic heterocycles. The molecule has 0 saturated carbocycles. The number of aryl methyl sites for hydroxylation is 1. The molecule has 0 bridgehead atoms. The Bertz CT molecular complexity index is 845. The molecule has 2 saturated heterocycles. The first-order chi connectivity index (χ1) is 13.5. The normalized spacial score (nSPS) is 23.8. The number of halogens is 1. The fraction of sp³-hybridized carbons (Fsp3) is 0.476. The minimum absolute atomic E-state index is 0.0719. The van der Waals surface area contributed by atoms with Gasteiger partial charge in [-0.2, -0.15) is 0 Å². The quantitative estimate of drug-likeness (QED) is 0.814. The van der Waals surface area contributed by atoms with Crippen molar-refractivity contribution in [3.05, 3.63) is 53.9 Å². The molecule has 3 heterocycles. The number of morpholine rings is 1. The molecular formula is C21H25FN4O2. The molecule has 6 nitrogen and oxygen atoms in total. The maximum atomic E-state index is 13.3. The first-order valence-electron chi connectivity index (χ1n) is 9.74. The molecule has 0 radical (unpaired) electrons. The third-order valence-corrected chi connectivity index (χ3v) is 5.60. The highest BCUT2D eigenvalue weighted by Gasteiger charge is 2.41. The summed E-state index contributed by atoms with van der Waals surface area (Å²) in [5.41, 5.74) is 1.40. The first kappa shape index (κ1) is 19.0. The summed E-state index contributed by atoms with van der Waals surface area (Å²) < 4.78 is 19.3. The number of carbonyl (C=O) groups excluding carboxylic acids is 1. The molecule has 4 rings (SSSR count). The molecule has 0 N–H and O–H groups in total. The Kier molecular flexibility index (Phi) is 5.37. The van der Waals surface area contributed by atoms with Crippen LogP contribution in [0.25, 0.3) is 0 Å². The Labute approximate surface area is 164 Å². The molecule has 0 aliphatic carbocycles. The summed E-state index contributed by atoms with van der Waals surface area (Å²) in [6.07, 6.45) is 4.54. The van der Waals surface area contributed by atoms with Crippen molar-refractivity contribution in [1.82, 2.24) is 14.9 Å². The SMILES string of the molecule is Cc1nccc(CN2CCCC3(CC2)CN(c2ccc(F)cc2)C(=O)CO3)n1. The van der Waals surface area contributed by atoms with Gasteiger partial charge in [0.1, 0.15) is 18.2 Å². The van der Waals surface area contributed by atoms with Crippen LogP contribution < -0.4 is 4.90 Å². The monoisotopic (exact) mass is 384 g/mol. The van der Waals surface area contributed by atoms with Crippen molar-refractivity contribution in [2.24, 2.45) is 0 Å². The van der Waals surface area contributed by atoms with Gasteiger partial charge in [-0.1, -0.05) is 0 Å².